The third kappa shape index (κ3) is 3.46. The van der Waals surface area contributed by atoms with Gasteiger partial charge >= 0.3 is 0 Å². The second kappa shape index (κ2) is 6.07. The van der Waals surface area contributed by atoms with Crippen molar-refractivity contribution in [3.8, 4) is 17.2 Å². The number of hydrogen-bond acceptors (Lipinski definition) is 6. The van der Waals surface area contributed by atoms with Crippen LogP contribution in [0.1, 0.15) is 43.4 Å². The Kier molecular flexibility index (Phi) is 4.20. The number of nitrogens with zero attached hydrogens (tertiary/aromatic N) is 2. The quantitative estimate of drug-likeness (QED) is 0.660. The first-order valence-corrected chi connectivity index (χ1v) is 8.24. The largest absolute Gasteiger partial charge is 0.508 e. The van der Waals surface area contributed by atoms with Gasteiger partial charge in [0.15, 0.2) is 0 Å². The molecule has 0 amide bonds. The zero-order valence-electron chi connectivity index (χ0n) is 14.6. The minimum Gasteiger partial charge on any atom is -0.508 e. The van der Waals surface area contributed by atoms with Gasteiger partial charge in [-0.3, -0.25) is 9.69 Å². The number of aromatic hydroxyl groups is 3. The zero-order valence-corrected chi connectivity index (χ0v) is 14.6. The lowest BCUT2D eigenvalue weighted by Gasteiger charge is -2.29. The molecule has 7 nitrogen and oxygen atoms in total. The molecule has 0 aliphatic carbocycles. The monoisotopic (exact) mass is 345 g/mol. The van der Waals surface area contributed by atoms with Crippen molar-refractivity contribution in [3.05, 3.63) is 45.1 Å². The van der Waals surface area contributed by atoms with Gasteiger partial charge in [0.05, 0.1) is 11.3 Å². The third-order valence-corrected chi connectivity index (χ3v) is 4.43. The van der Waals surface area contributed by atoms with Crippen molar-refractivity contribution in [1.82, 2.24) is 14.9 Å². The highest BCUT2D eigenvalue weighted by atomic mass is 16.3. The SMILES string of the molecule is CC(C)(C)c1nc2c(c(=O)[nH]1)CN(Cc1c(O)cc(O)cc1O)CC2. The van der Waals surface area contributed by atoms with Crippen molar-refractivity contribution in [2.75, 3.05) is 6.54 Å². The van der Waals surface area contributed by atoms with Crippen LogP contribution < -0.4 is 5.56 Å². The van der Waals surface area contributed by atoms with Gasteiger partial charge in [-0.2, -0.15) is 0 Å². The molecule has 0 bridgehead atoms. The lowest BCUT2D eigenvalue weighted by Crippen LogP contribution is -2.37. The number of aromatic nitrogens is 2. The molecular formula is C18H23N3O4. The lowest BCUT2D eigenvalue weighted by molar-refractivity contribution is 0.234. The number of phenols is 3. The second-order valence-corrected chi connectivity index (χ2v) is 7.51. The predicted molar refractivity (Wildman–Crippen MR) is 92.8 cm³/mol. The van der Waals surface area contributed by atoms with Crippen molar-refractivity contribution in [1.29, 1.82) is 0 Å². The van der Waals surface area contributed by atoms with Crippen molar-refractivity contribution in [2.24, 2.45) is 0 Å². The summed E-state index contributed by atoms with van der Waals surface area (Å²) in [7, 11) is 0. The summed E-state index contributed by atoms with van der Waals surface area (Å²) in [6.45, 7) is 7.34. The molecule has 4 N–H and O–H groups in total. The number of nitrogens with one attached hydrogen (secondary N) is 1. The number of aromatic amines is 1. The summed E-state index contributed by atoms with van der Waals surface area (Å²) in [5, 5.41) is 29.3. The summed E-state index contributed by atoms with van der Waals surface area (Å²) in [6, 6.07) is 2.38. The van der Waals surface area contributed by atoms with Gasteiger partial charge in [-0.25, -0.2) is 4.98 Å². The van der Waals surface area contributed by atoms with Crippen molar-refractivity contribution in [2.45, 2.75) is 45.7 Å². The van der Waals surface area contributed by atoms with Crippen LogP contribution in [0.4, 0.5) is 0 Å². The standard InChI is InChI=1S/C18H23N3O4/c1-18(2,3)17-19-13-4-5-21(8-11(13)16(25)20-17)9-12-14(23)6-10(22)7-15(12)24/h6-7,22-24H,4-5,8-9H2,1-3H3,(H,19,20,25). The smallest absolute Gasteiger partial charge is 0.255 e. The molecule has 1 aliphatic rings. The minimum atomic E-state index is -0.227. The van der Waals surface area contributed by atoms with Gasteiger partial charge in [-0.05, 0) is 0 Å². The molecule has 1 aromatic carbocycles. The molecule has 2 aromatic rings. The molecule has 0 spiro atoms. The first kappa shape index (κ1) is 17.3. The van der Waals surface area contributed by atoms with Gasteiger partial charge in [-0.15, -0.1) is 0 Å². The van der Waals surface area contributed by atoms with E-state index in [1.54, 1.807) is 0 Å². The van der Waals surface area contributed by atoms with E-state index in [1.165, 1.54) is 12.1 Å². The molecule has 0 atom stereocenters. The maximum atomic E-state index is 12.5. The summed E-state index contributed by atoms with van der Waals surface area (Å²) in [5.74, 6) is 0.147. The van der Waals surface area contributed by atoms with Crippen LogP contribution in [0.3, 0.4) is 0 Å². The number of H-pyrrole nitrogens is 1. The number of phenolic OH excluding ortho intramolecular Hbond substituents is 3. The van der Waals surface area contributed by atoms with Crippen LogP contribution in [0.2, 0.25) is 0 Å². The maximum Gasteiger partial charge on any atom is 0.255 e. The molecule has 0 fully saturated rings. The maximum absolute atomic E-state index is 12.5. The second-order valence-electron chi connectivity index (χ2n) is 7.51. The van der Waals surface area contributed by atoms with Gasteiger partial charge in [-0.1, -0.05) is 20.8 Å². The number of benzene rings is 1. The molecule has 25 heavy (non-hydrogen) atoms. The van der Waals surface area contributed by atoms with Crippen molar-refractivity contribution < 1.29 is 15.3 Å². The van der Waals surface area contributed by atoms with E-state index in [-0.39, 0.29) is 34.8 Å². The molecule has 7 heteroatoms. The van der Waals surface area contributed by atoms with Crippen LogP contribution in [-0.2, 0) is 24.9 Å². The van der Waals surface area contributed by atoms with Gasteiger partial charge in [0.1, 0.15) is 23.1 Å². The molecule has 0 radical (unpaired) electrons. The highest BCUT2D eigenvalue weighted by Gasteiger charge is 2.25. The van der Waals surface area contributed by atoms with E-state index in [4.69, 9.17) is 0 Å². The first-order chi connectivity index (χ1) is 11.6. The molecule has 0 unspecified atom stereocenters. The van der Waals surface area contributed by atoms with Crippen LogP contribution in [0.5, 0.6) is 17.2 Å². The number of hydrogen-bond donors (Lipinski definition) is 4. The number of fused-ring (bicyclic) bond motifs is 1. The summed E-state index contributed by atoms with van der Waals surface area (Å²) in [5.41, 5.74) is 1.39. The number of rotatable bonds is 2. The van der Waals surface area contributed by atoms with E-state index in [0.717, 1.165) is 5.69 Å². The van der Waals surface area contributed by atoms with E-state index in [2.05, 4.69) is 9.97 Å². The van der Waals surface area contributed by atoms with Gasteiger partial charge in [0, 0.05) is 49.2 Å². The molecule has 0 saturated heterocycles. The summed E-state index contributed by atoms with van der Waals surface area (Å²) < 4.78 is 0. The van der Waals surface area contributed by atoms with Crippen LogP contribution in [0, 0.1) is 0 Å². The van der Waals surface area contributed by atoms with E-state index in [0.29, 0.717) is 36.5 Å². The Morgan fingerprint density at radius 3 is 2.44 bits per heavy atom. The fourth-order valence-electron chi connectivity index (χ4n) is 2.98. The Balaban J connectivity index is 1.86. The molecule has 3 rings (SSSR count). The van der Waals surface area contributed by atoms with E-state index in [1.807, 2.05) is 25.7 Å². The van der Waals surface area contributed by atoms with Crippen LogP contribution in [0.15, 0.2) is 16.9 Å². The topological polar surface area (TPSA) is 110 Å². The van der Waals surface area contributed by atoms with E-state index >= 15 is 0 Å². The van der Waals surface area contributed by atoms with Crippen LogP contribution in [0.25, 0.3) is 0 Å². The minimum absolute atomic E-state index is 0.140. The first-order valence-electron chi connectivity index (χ1n) is 8.24. The summed E-state index contributed by atoms with van der Waals surface area (Å²) >= 11 is 0. The fraction of sp³-hybridized carbons (Fsp3) is 0.444. The Morgan fingerprint density at radius 1 is 1.20 bits per heavy atom. The van der Waals surface area contributed by atoms with E-state index in [9.17, 15) is 20.1 Å². The van der Waals surface area contributed by atoms with Crippen molar-refractivity contribution >= 4 is 0 Å². The molecular weight excluding hydrogens is 322 g/mol. The van der Waals surface area contributed by atoms with Gasteiger partial charge in [0.25, 0.3) is 5.56 Å². The average Bonchev–Trinajstić information content (AvgIpc) is 2.50. The molecule has 1 aromatic heterocycles. The average molecular weight is 345 g/mol. The van der Waals surface area contributed by atoms with Crippen LogP contribution in [-0.4, -0.2) is 36.7 Å². The Bertz CT molecular complexity index is 845. The van der Waals surface area contributed by atoms with Gasteiger partial charge in [0.2, 0.25) is 0 Å². The Hall–Kier alpha value is -2.54. The zero-order chi connectivity index (χ0) is 18.4. The Morgan fingerprint density at radius 2 is 1.84 bits per heavy atom. The van der Waals surface area contributed by atoms with E-state index < -0.39 is 0 Å². The fourth-order valence-corrected chi connectivity index (χ4v) is 2.98. The van der Waals surface area contributed by atoms with Gasteiger partial charge < -0.3 is 20.3 Å². The molecule has 0 saturated carbocycles. The predicted octanol–water partition coefficient (Wildman–Crippen LogP) is 1.74. The normalized spacial score (nSPS) is 15.2. The molecule has 1 aliphatic heterocycles. The lowest BCUT2D eigenvalue weighted by atomic mass is 9.95. The summed E-state index contributed by atoms with van der Waals surface area (Å²) in [4.78, 5) is 21.9. The molecule has 2 heterocycles. The molecule has 134 valence electrons. The highest BCUT2D eigenvalue weighted by Crippen LogP contribution is 2.33. The third-order valence-electron chi connectivity index (χ3n) is 4.43. The highest BCUT2D eigenvalue weighted by molar-refractivity contribution is 5.48. The summed E-state index contributed by atoms with van der Waals surface area (Å²) in [6.07, 6.45) is 0.627. The Labute approximate surface area is 145 Å². The van der Waals surface area contributed by atoms with Crippen molar-refractivity contribution in [3.63, 3.8) is 0 Å². The van der Waals surface area contributed by atoms with Crippen LogP contribution >= 0.6 is 0 Å².